The molecule has 0 radical (unpaired) electrons. The first-order chi connectivity index (χ1) is 17.1. The fraction of sp³-hybridized carbons (Fsp3) is 0.0833. The molecule has 0 aliphatic heterocycles. The van der Waals surface area contributed by atoms with Crippen LogP contribution in [0.25, 0.3) is 0 Å². The second kappa shape index (κ2) is 11.6. The Morgan fingerprint density at radius 2 is 1.56 bits per heavy atom. The molecule has 186 valence electrons. The second-order valence-corrected chi connectivity index (χ2v) is 7.09. The van der Waals surface area contributed by atoms with Gasteiger partial charge in [0.1, 0.15) is 11.6 Å². The van der Waals surface area contributed by atoms with Gasteiger partial charge in [0.15, 0.2) is 6.61 Å². The molecule has 3 rings (SSSR count). The third-order valence-corrected chi connectivity index (χ3v) is 4.44. The van der Waals surface area contributed by atoms with Crippen molar-refractivity contribution in [3.05, 3.63) is 89.7 Å². The number of amides is 3. The molecular weight excluding hydrogens is 484 g/mol. The Morgan fingerprint density at radius 1 is 0.861 bits per heavy atom. The van der Waals surface area contributed by atoms with Crippen LogP contribution in [0.2, 0.25) is 0 Å². The van der Waals surface area contributed by atoms with Crippen LogP contribution in [0, 0.1) is 5.82 Å². The van der Waals surface area contributed by atoms with Crippen LogP contribution in [0.15, 0.2) is 77.9 Å². The molecule has 0 fully saturated rings. The third-order valence-electron chi connectivity index (χ3n) is 4.44. The fourth-order valence-electron chi connectivity index (χ4n) is 2.82. The van der Waals surface area contributed by atoms with Gasteiger partial charge < -0.3 is 15.4 Å². The van der Waals surface area contributed by atoms with E-state index < -0.39 is 47.6 Å². The molecule has 0 saturated heterocycles. The SMILES string of the molecule is O=C(COc1cccc(/C=N\NC(=O)C(=O)Nc2ccccc2F)c1)Nc1ccccc1C(F)(F)F. The number of hydrazone groups is 1. The number of carbonyl (C=O) groups is 3. The molecule has 0 heterocycles. The van der Waals surface area contributed by atoms with E-state index in [1.807, 2.05) is 5.43 Å². The van der Waals surface area contributed by atoms with E-state index in [1.165, 1.54) is 48.7 Å². The average molecular weight is 502 g/mol. The van der Waals surface area contributed by atoms with E-state index in [-0.39, 0.29) is 11.4 Å². The minimum Gasteiger partial charge on any atom is -0.484 e. The first kappa shape index (κ1) is 25.9. The van der Waals surface area contributed by atoms with Gasteiger partial charge in [-0.3, -0.25) is 14.4 Å². The van der Waals surface area contributed by atoms with E-state index in [0.717, 1.165) is 18.2 Å². The lowest BCUT2D eigenvalue weighted by molar-refractivity contribution is -0.137. The van der Waals surface area contributed by atoms with Crippen LogP contribution in [0.1, 0.15) is 11.1 Å². The Hall–Kier alpha value is -4.74. The number of hydrogen-bond acceptors (Lipinski definition) is 5. The van der Waals surface area contributed by atoms with Crippen LogP contribution in [-0.4, -0.2) is 30.5 Å². The van der Waals surface area contributed by atoms with Gasteiger partial charge in [-0.05, 0) is 42.0 Å². The summed E-state index contributed by atoms with van der Waals surface area (Å²) in [5.41, 5.74) is 0.843. The number of para-hydroxylation sites is 2. The van der Waals surface area contributed by atoms with Crippen LogP contribution in [-0.2, 0) is 20.6 Å². The molecule has 3 amide bonds. The monoisotopic (exact) mass is 502 g/mol. The molecule has 0 aliphatic rings. The summed E-state index contributed by atoms with van der Waals surface area (Å²) in [5.74, 6) is -3.59. The molecule has 0 aliphatic carbocycles. The molecule has 12 heteroatoms. The summed E-state index contributed by atoms with van der Waals surface area (Å²) >= 11 is 0. The smallest absolute Gasteiger partial charge is 0.418 e. The molecule has 0 aromatic heterocycles. The van der Waals surface area contributed by atoms with Gasteiger partial charge in [0.25, 0.3) is 5.91 Å². The lowest BCUT2D eigenvalue weighted by Gasteiger charge is -2.13. The van der Waals surface area contributed by atoms with Crippen molar-refractivity contribution in [2.45, 2.75) is 6.18 Å². The van der Waals surface area contributed by atoms with Crippen molar-refractivity contribution in [2.24, 2.45) is 5.10 Å². The highest BCUT2D eigenvalue weighted by Crippen LogP contribution is 2.34. The minimum atomic E-state index is -4.63. The maximum Gasteiger partial charge on any atom is 0.418 e. The quantitative estimate of drug-likeness (QED) is 0.197. The third kappa shape index (κ3) is 7.38. The summed E-state index contributed by atoms with van der Waals surface area (Å²) in [6.07, 6.45) is -3.45. The van der Waals surface area contributed by atoms with Crippen LogP contribution < -0.4 is 20.8 Å². The number of nitrogens with zero attached hydrogens (tertiary/aromatic N) is 1. The molecule has 0 bridgehead atoms. The molecule has 3 N–H and O–H groups in total. The lowest BCUT2D eigenvalue weighted by atomic mass is 10.1. The molecule has 0 atom stereocenters. The van der Waals surface area contributed by atoms with E-state index >= 15 is 0 Å². The Morgan fingerprint density at radius 3 is 2.28 bits per heavy atom. The Kier molecular flexibility index (Phi) is 8.34. The number of ether oxygens (including phenoxy) is 1. The predicted octanol–water partition coefficient (Wildman–Crippen LogP) is 3.95. The highest BCUT2D eigenvalue weighted by atomic mass is 19.4. The minimum absolute atomic E-state index is 0.169. The molecule has 0 saturated carbocycles. The van der Waals surface area contributed by atoms with Gasteiger partial charge in [0.05, 0.1) is 23.2 Å². The standard InChI is InChI=1S/C24H18F4N4O4/c25-18-9-2-4-11-20(18)31-22(34)23(35)32-29-13-15-6-5-7-16(12-15)36-14-21(33)30-19-10-3-1-8-17(19)24(26,27)28/h1-13H,14H2,(H,30,33)(H,31,34)(H,32,35)/b29-13-. The Balaban J connectivity index is 1.52. The van der Waals surface area contributed by atoms with Gasteiger partial charge in [-0.15, -0.1) is 0 Å². The van der Waals surface area contributed by atoms with Gasteiger partial charge in [-0.25, -0.2) is 9.82 Å². The summed E-state index contributed by atoms with van der Waals surface area (Å²) in [4.78, 5) is 35.7. The molecule has 3 aromatic carbocycles. The van der Waals surface area contributed by atoms with Crippen molar-refractivity contribution in [1.29, 1.82) is 0 Å². The predicted molar refractivity (Wildman–Crippen MR) is 123 cm³/mol. The topological polar surface area (TPSA) is 109 Å². The van der Waals surface area contributed by atoms with Crippen LogP contribution in [0.5, 0.6) is 5.75 Å². The largest absolute Gasteiger partial charge is 0.484 e. The van der Waals surface area contributed by atoms with E-state index in [4.69, 9.17) is 4.74 Å². The average Bonchev–Trinajstić information content (AvgIpc) is 2.84. The van der Waals surface area contributed by atoms with Gasteiger partial charge >= 0.3 is 18.0 Å². The highest BCUT2D eigenvalue weighted by Gasteiger charge is 2.33. The number of nitrogens with one attached hydrogen (secondary N) is 3. The van der Waals surface area contributed by atoms with Crippen LogP contribution in [0.3, 0.4) is 0 Å². The Labute approximate surface area is 202 Å². The number of rotatable bonds is 7. The van der Waals surface area contributed by atoms with Gasteiger partial charge in [-0.1, -0.05) is 36.4 Å². The maximum absolute atomic E-state index is 13.6. The summed E-state index contributed by atoms with van der Waals surface area (Å²) in [7, 11) is 0. The van der Waals surface area contributed by atoms with Crippen molar-refractivity contribution < 1.29 is 36.7 Å². The van der Waals surface area contributed by atoms with E-state index in [1.54, 1.807) is 12.1 Å². The zero-order valence-electron chi connectivity index (χ0n) is 18.3. The lowest BCUT2D eigenvalue weighted by Crippen LogP contribution is -2.32. The van der Waals surface area contributed by atoms with E-state index in [9.17, 15) is 31.9 Å². The number of halogens is 4. The summed E-state index contributed by atoms with van der Waals surface area (Å²) in [6.45, 7) is -0.570. The number of anilines is 2. The first-order valence-electron chi connectivity index (χ1n) is 10.2. The first-order valence-corrected chi connectivity index (χ1v) is 10.2. The van der Waals surface area contributed by atoms with Crippen molar-refractivity contribution in [3.8, 4) is 5.75 Å². The molecular formula is C24H18F4N4O4. The van der Waals surface area contributed by atoms with Crippen LogP contribution >= 0.6 is 0 Å². The molecule has 8 nitrogen and oxygen atoms in total. The number of alkyl halides is 3. The molecule has 0 unspecified atom stereocenters. The zero-order chi connectivity index (χ0) is 26.1. The fourth-order valence-corrected chi connectivity index (χ4v) is 2.82. The Bertz CT molecular complexity index is 1290. The number of benzene rings is 3. The van der Waals surface area contributed by atoms with Gasteiger partial charge in [0, 0.05) is 0 Å². The van der Waals surface area contributed by atoms with Crippen molar-refractivity contribution in [1.82, 2.24) is 5.43 Å². The molecule has 0 spiro atoms. The summed E-state index contributed by atoms with van der Waals surface area (Å²) < 4.78 is 58.0. The van der Waals surface area contributed by atoms with Crippen molar-refractivity contribution in [3.63, 3.8) is 0 Å². The normalized spacial score (nSPS) is 11.1. The van der Waals surface area contributed by atoms with E-state index in [0.29, 0.717) is 5.56 Å². The summed E-state index contributed by atoms with van der Waals surface area (Å²) in [6, 6.07) is 15.9. The van der Waals surface area contributed by atoms with Crippen molar-refractivity contribution in [2.75, 3.05) is 17.2 Å². The highest BCUT2D eigenvalue weighted by molar-refractivity contribution is 6.39. The van der Waals surface area contributed by atoms with Crippen molar-refractivity contribution >= 4 is 35.3 Å². The molecule has 36 heavy (non-hydrogen) atoms. The maximum atomic E-state index is 13.6. The number of carbonyl (C=O) groups excluding carboxylic acids is 3. The summed E-state index contributed by atoms with van der Waals surface area (Å²) in [5, 5.41) is 7.90. The van der Waals surface area contributed by atoms with Crippen LogP contribution in [0.4, 0.5) is 28.9 Å². The second-order valence-electron chi connectivity index (χ2n) is 7.09. The van der Waals surface area contributed by atoms with E-state index in [2.05, 4.69) is 15.7 Å². The zero-order valence-corrected chi connectivity index (χ0v) is 18.3. The van der Waals surface area contributed by atoms with Gasteiger partial charge in [-0.2, -0.15) is 18.3 Å². The molecule has 3 aromatic rings. The number of hydrogen-bond donors (Lipinski definition) is 3. The van der Waals surface area contributed by atoms with Gasteiger partial charge in [0.2, 0.25) is 0 Å².